The van der Waals surface area contributed by atoms with Crippen molar-refractivity contribution >= 4 is 29.9 Å². The summed E-state index contributed by atoms with van der Waals surface area (Å²) in [5.74, 6) is 1.15. The molecular formula is C18H26IN5O2. The zero-order chi connectivity index (χ0) is 17.6. The van der Waals surface area contributed by atoms with Crippen LogP contribution in [-0.2, 0) is 18.3 Å². The number of rotatable bonds is 4. The average molecular weight is 471 g/mol. The minimum atomic E-state index is -0.0000199. The highest BCUT2D eigenvalue weighted by Gasteiger charge is 2.25. The van der Waals surface area contributed by atoms with E-state index in [0.717, 1.165) is 36.7 Å². The van der Waals surface area contributed by atoms with Crippen molar-refractivity contribution in [1.29, 1.82) is 0 Å². The molecule has 1 aromatic carbocycles. The zero-order valence-electron chi connectivity index (χ0n) is 15.1. The quantitative estimate of drug-likeness (QED) is 0.407. The number of phenolic OH excluding ortho intramolecular Hbond substituents is 1. The van der Waals surface area contributed by atoms with Crippen LogP contribution in [0.4, 0.5) is 0 Å². The third-order valence-corrected chi connectivity index (χ3v) is 4.15. The van der Waals surface area contributed by atoms with E-state index in [1.165, 1.54) is 0 Å². The topological polar surface area (TPSA) is 74.9 Å². The van der Waals surface area contributed by atoms with Gasteiger partial charge in [-0.15, -0.1) is 24.0 Å². The predicted molar refractivity (Wildman–Crippen MR) is 112 cm³/mol. The highest BCUT2D eigenvalue weighted by Crippen LogP contribution is 2.21. The zero-order valence-corrected chi connectivity index (χ0v) is 17.5. The van der Waals surface area contributed by atoms with Gasteiger partial charge in [-0.25, -0.2) is 4.99 Å². The number of halogens is 1. The second-order valence-corrected chi connectivity index (χ2v) is 6.09. The molecule has 1 aliphatic rings. The lowest BCUT2D eigenvalue weighted by Gasteiger charge is -2.34. The molecule has 2 N–H and O–H groups in total. The van der Waals surface area contributed by atoms with Crippen LogP contribution in [0.1, 0.15) is 24.2 Å². The van der Waals surface area contributed by atoms with Crippen LogP contribution in [0, 0.1) is 0 Å². The fourth-order valence-electron chi connectivity index (χ4n) is 2.84. The third kappa shape index (κ3) is 5.34. The van der Waals surface area contributed by atoms with Gasteiger partial charge in [0.25, 0.3) is 0 Å². The summed E-state index contributed by atoms with van der Waals surface area (Å²) in [7, 11) is 1.91. The highest BCUT2D eigenvalue weighted by molar-refractivity contribution is 14.0. The maximum Gasteiger partial charge on any atom is 0.194 e. The van der Waals surface area contributed by atoms with E-state index in [1.807, 2.05) is 31.6 Å². The summed E-state index contributed by atoms with van der Waals surface area (Å²) in [6, 6.07) is 7.15. The smallest absolute Gasteiger partial charge is 0.194 e. The van der Waals surface area contributed by atoms with E-state index < -0.39 is 0 Å². The van der Waals surface area contributed by atoms with E-state index in [-0.39, 0.29) is 35.8 Å². The number of hydrogen-bond donors (Lipinski definition) is 2. The number of hydrogen-bond acceptors (Lipinski definition) is 4. The summed E-state index contributed by atoms with van der Waals surface area (Å²) < 4.78 is 7.70. The molecule has 2 heterocycles. The van der Waals surface area contributed by atoms with Gasteiger partial charge < -0.3 is 20.1 Å². The Hall–Kier alpha value is -1.81. The van der Waals surface area contributed by atoms with Crippen LogP contribution >= 0.6 is 24.0 Å². The first-order valence-electron chi connectivity index (χ1n) is 8.57. The van der Waals surface area contributed by atoms with E-state index in [4.69, 9.17) is 9.73 Å². The Labute approximate surface area is 171 Å². The molecule has 1 fully saturated rings. The molecule has 1 aliphatic heterocycles. The minimum absolute atomic E-state index is 0. The van der Waals surface area contributed by atoms with E-state index in [0.29, 0.717) is 13.2 Å². The second-order valence-electron chi connectivity index (χ2n) is 6.09. The number of morpholine rings is 1. The average Bonchev–Trinajstić information content (AvgIpc) is 3.07. The first kappa shape index (κ1) is 20.5. The first-order valence-corrected chi connectivity index (χ1v) is 8.57. The summed E-state index contributed by atoms with van der Waals surface area (Å²) in [6.45, 7) is 5.64. The van der Waals surface area contributed by atoms with Gasteiger partial charge in [0.05, 0.1) is 25.9 Å². The summed E-state index contributed by atoms with van der Waals surface area (Å²) in [5.41, 5.74) is 2.15. The SMILES string of the molecule is CCNC(=NCc1ccc(O)cc1)N1CCOC(c2cnn(C)c2)C1.I. The van der Waals surface area contributed by atoms with Gasteiger partial charge in [0.2, 0.25) is 0 Å². The monoisotopic (exact) mass is 471 g/mol. The third-order valence-electron chi connectivity index (χ3n) is 4.15. The summed E-state index contributed by atoms with van der Waals surface area (Å²) in [4.78, 5) is 6.97. The predicted octanol–water partition coefficient (Wildman–Crippen LogP) is 2.28. The van der Waals surface area contributed by atoms with Crippen molar-refractivity contribution in [3.63, 3.8) is 0 Å². The van der Waals surface area contributed by atoms with Crippen molar-refractivity contribution in [2.24, 2.45) is 12.0 Å². The standard InChI is InChI=1S/C18H25N5O2.HI/c1-3-19-18(20-10-14-4-6-16(24)7-5-14)23-8-9-25-17(13-23)15-11-21-22(2)12-15;/h4-7,11-12,17,24H,3,8-10,13H2,1-2H3,(H,19,20);1H. The number of nitrogens with one attached hydrogen (secondary N) is 1. The lowest BCUT2D eigenvalue weighted by Crippen LogP contribution is -2.48. The van der Waals surface area contributed by atoms with Crippen LogP contribution < -0.4 is 5.32 Å². The van der Waals surface area contributed by atoms with Crippen molar-refractivity contribution in [3.05, 3.63) is 47.8 Å². The van der Waals surface area contributed by atoms with E-state index in [9.17, 15) is 5.11 Å². The van der Waals surface area contributed by atoms with Gasteiger partial charge in [-0.05, 0) is 24.6 Å². The highest BCUT2D eigenvalue weighted by atomic mass is 127. The number of phenols is 1. The maximum absolute atomic E-state index is 9.38. The van der Waals surface area contributed by atoms with Crippen molar-refractivity contribution < 1.29 is 9.84 Å². The number of nitrogens with zero attached hydrogens (tertiary/aromatic N) is 4. The van der Waals surface area contributed by atoms with Gasteiger partial charge in [0, 0.05) is 31.9 Å². The molecular weight excluding hydrogens is 445 g/mol. The van der Waals surface area contributed by atoms with E-state index in [1.54, 1.807) is 16.8 Å². The van der Waals surface area contributed by atoms with Crippen LogP contribution in [0.5, 0.6) is 5.75 Å². The Bertz CT molecular complexity index is 717. The van der Waals surface area contributed by atoms with Crippen molar-refractivity contribution in [2.75, 3.05) is 26.2 Å². The largest absolute Gasteiger partial charge is 0.508 e. The number of aromatic nitrogens is 2. The van der Waals surface area contributed by atoms with Gasteiger partial charge in [-0.2, -0.15) is 5.10 Å². The number of aliphatic imine (C=N–C) groups is 1. The number of aromatic hydroxyl groups is 1. The van der Waals surface area contributed by atoms with Gasteiger partial charge in [0.15, 0.2) is 5.96 Å². The Morgan fingerprint density at radius 2 is 2.15 bits per heavy atom. The molecule has 0 saturated carbocycles. The lowest BCUT2D eigenvalue weighted by atomic mass is 10.1. The number of guanidine groups is 1. The van der Waals surface area contributed by atoms with Gasteiger partial charge >= 0.3 is 0 Å². The molecule has 8 heteroatoms. The molecule has 1 aromatic heterocycles. The van der Waals surface area contributed by atoms with Gasteiger partial charge in [0.1, 0.15) is 11.9 Å². The Kier molecular flexibility index (Phi) is 7.70. The molecule has 142 valence electrons. The minimum Gasteiger partial charge on any atom is -0.508 e. The number of benzene rings is 1. The maximum atomic E-state index is 9.38. The molecule has 1 saturated heterocycles. The fourth-order valence-corrected chi connectivity index (χ4v) is 2.84. The Morgan fingerprint density at radius 3 is 2.81 bits per heavy atom. The molecule has 0 bridgehead atoms. The molecule has 1 unspecified atom stereocenters. The fraction of sp³-hybridized carbons (Fsp3) is 0.444. The number of aryl methyl sites for hydroxylation is 1. The molecule has 0 amide bonds. The van der Waals surface area contributed by atoms with Crippen LogP contribution in [0.25, 0.3) is 0 Å². The van der Waals surface area contributed by atoms with Crippen LogP contribution in [-0.4, -0.2) is 52.0 Å². The van der Waals surface area contributed by atoms with Crippen LogP contribution in [0.3, 0.4) is 0 Å². The van der Waals surface area contributed by atoms with Gasteiger partial charge in [-0.1, -0.05) is 12.1 Å². The molecule has 1 atom stereocenters. The Morgan fingerprint density at radius 1 is 1.38 bits per heavy atom. The Balaban J connectivity index is 0.00000243. The van der Waals surface area contributed by atoms with E-state index >= 15 is 0 Å². The van der Waals surface area contributed by atoms with Crippen molar-refractivity contribution in [3.8, 4) is 5.75 Å². The van der Waals surface area contributed by atoms with Crippen molar-refractivity contribution in [2.45, 2.75) is 19.6 Å². The van der Waals surface area contributed by atoms with Crippen LogP contribution in [0.15, 0.2) is 41.7 Å². The number of ether oxygens (including phenoxy) is 1. The first-order chi connectivity index (χ1) is 12.2. The molecule has 3 rings (SSSR count). The molecule has 2 aromatic rings. The molecule has 0 aliphatic carbocycles. The van der Waals surface area contributed by atoms with Crippen molar-refractivity contribution in [1.82, 2.24) is 20.0 Å². The van der Waals surface area contributed by atoms with Crippen LogP contribution in [0.2, 0.25) is 0 Å². The summed E-state index contributed by atoms with van der Waals surface area (Å²) in [5, 5.41) is 17.0. The normalized spacial score (nSPS) is 17.7. The lowest BCUT2D eigenvalue weighted by molar-refractivity contribution is -0.00805. The van der Waals surface area contributed by atoms with E-state index in [2.05, 4.69) is 22.2 Å². The van der Waals surface area contributed by atoms with Gasteiger partial charge in [-0.3, -0.25) is 4.68 Å². The summed E-state index contributed by atoms with van der Waals surface area (Å²) in [6.07, 6.45) is 3.85. The molecule has 0 spiro atoms. The summed E-state index contributed by atoms with van der Waals surface area (Å²) >= 11 is 0. The molecule has 7 nitrogen and oxygen atoms in total. The molecule has 26 heavy (non-hydrogen) atoms. The molecule has 0 radical (unpaired) electrons. The second kappa shape index (κ2) is 9.77.